The number of hydrogen-bond donors (Lipinski definition) is 1. The van der Waals surface area contributed by atoms with E-state index in [9.17, 15) is 0 Å². The Kier molecular flexibility index (Phi) is 3.85. The molecule has 0 heterocycles. The Hall–Kier alpha value is -0.860. The van der Waals surface area contributed by atoms with Gasteiger partial charge in [-0.1, -0.05) is 18.2 Å². The molecule has 1 N–H and O–H groups in total. The summed E-state index contributed by atoms with van der Waals surface area (Å²) in [6.45, 7) is 5.46. The summed E-state index contributed by atoms with van der Waals surface area (Å²) in [5.41, 5.74) is 4.17. The van der Waals surface area contributed by atoms with E-state index in [0.29, 0.717) is 6.04 Å². The second kappa shape index (κ2) is 5.19. The minimum absolute atomic E-state index is 0.444. The largest absolute Gasteiger partial charge is 0.312 e. The molecule has 0 radical (unpaired) electrons. The monoisotopic (exact) mass is 232 g/mol. The third kappa shape index (κ3) is 3.08. The maximum absolute atomic E-state index is 3.44. The zero-order chi connectivity index (χ0) is 12.4. The zero-order valence-corrected chi connectivity index (χ0v) is 11.5. The fraction of sp³-hybridized carbons (Fsp3) is 0.600. The zero-order valence-electron chi connectivity index (χ0n) is 11.5. The number of nitrogens with one attached hydrogen (secondary N) is 1. The fourth-order valence-electron chi connectivity index (χ4n) is 2.30. The Bertz CT molecular complexity index is 383. The highest BCUT2D eigenvalue weighted by Gasteiger charge is 2.27. The standard InChI is InChI=1S/C15H24N2/c1-11-5-6-13(9-12(11)2)15(16-3)10-17(4)14-7-8-14/h5-6,9,14-16H,7-8,10H2,1-4H3. The smallest absolute Gasteiger partial charge is 0.0446 e. The molecular weight excluding hydrogens is 208 g/mol. The van der Waals surface area contributed by atoms with Crippen molar-refractivity contribution >= 4 is 0 Å². The van der Waals surface area contributed by atoms with E-state index in [1.54, 1.807) is 0 Å². The summed E-state index contributed by atoms with van der Waals surface area (Å²) >= 11 is 0. The van der Waals surface area contributed by atoms with Crippen LogP contribution in [-0.4, -0.2) is 31.6 Å². The van der Waals surface area contributed by atoms with Gasteiger partial charge in [0.15, 0.2) is 0 Å². The average molecular weight is 232 g/mol. The molecule has 17 heavy (non-hydrogen) atoms. The highest BCUT2D eigenvalue weighted by atomic mass is 15.2. The van der Waals surface area contributed by atoms with Crippen molar-refractivity contribution in [1.29, 1.82) is 0 Å². The number of aryl methyl sites for hydroxylation is 2. The lowest BCUT2D eigenvalue weighted by molar-refractivity contribution is 0.287. The minimum Gasteiger partial charge on any atom is -0.312 e. The first-order valence-electron chi connectivity index (χ1n) is 6.56. The Morgan fingerprint density at radius 3 is 2.53 bits per heavy atom. The maximum atomic E-state index is 3.44. The van der Waals surface area contributed by atoms with Crippen molar-refractivity contribution in [2.24, 2.45) is 0 Å². The molecule has 2 heteroatoms. The molecule has 1 unspecified atom stereocenters. The van der Waals surface area contributed by atoms with Gasteiger partial charge in [0.25, 0.3) is 0 Å². The van der Waals surface area contributed by atoms with Gasteiger partial charge >= 0.3 is 0 Å². The van der Waals surface area contributed by atoms with E-state index in [-0.39, 0.29) is 0 Å². The van der Waals surface area contributed by atoms with Crippen LogP contribution < -0.4 is 5.32 Å². The average Bonchev–Trinajstić information content (AvgIpc) is 3.13. The van der Waals surface area contributed by atoms with Crippen molar-refractivity contribution in [2.75, 3.05) is 20.6 Å². The van der Waals surface area contributed by atoms with Crippen LogP contribution in [0.5, 0.6) is 0 Å². The highest BCUT2D eigenvalue weighted by molar-refractivity contribution is 5.31. The Morgan fingerprint density at radius 1 is 1.29 bits per heavy atom. The summed E-state index contributed by atoms with van der Waals surface area (Å²) in [7, 11) is 4.30. The van der Waals surface area contributed by atoms with Crippen LogP contribution >= 0.6 is 0 Å². The Balaban J connectivity index is 2.07. The van der Waals surface area contributed by atoms with E-state index >= 15 is 0 Å². The number of likely N-dealkylation sites (N-methyl/N-ethyl adjacent to an activating group) is 2. The van der Waals surface area contributed by atoms with Crippen LogP contribution in [0.3, 0.4) is 0 Å². The minimum atomic E-state index is 0.444. The van der Waals surface area contributed by atoms with Gasteiger partial charge in [0.2, 0.25) is 0 Å². The fourth-order valence-corrected chi connectivity index (χ4v) is 2.30. The second-order valence-corrected chi connectivity index (χ2v) is 5.36. The molecule has 0 saturated heterocycles. The van der Waals surface area contributed by atoms with E-state index in [2.05, 4.69) is 56.4 Å². The lowest BCUT2D eigenvalue weighted by Crippen LogP contribution is -2.32. The van der Waals surface area contributed by atoms with E-state index in [4.69, 9.17) is 0 Å². The molecule has 1 aliphatic rings. The van der Waals surface area contributed by atoms with Crippen molar-refractivity contribution in [3.8, 4) is 0 Å². The molecule has 2 nitrogen and oxygen atoms in total. The summed E-state index contributed by atoms with van der Waals surface area (Å²) in [5, 5.41) is 3.44. The molecular formula is C15H24N2. The van der Waals surface area contributed by atoms with Crippen LogP contribution in [0.25, 0.3) is 0 Å². The normalized spacial score (nSPS) is 17.5. The quantitative estimate of drug-likeness (QED) is 0.839. The van der Waals surface area contributed by atoms with Gasteiger partial charge < -0.3 is 10.2 Å². The first-order valence-corrected chi connectivity index (χ1v) is 6.56. The van der Waals surface area contributed by atoms with E-state index in [1.807, 2.05) is 0 Å². The second-order valence-electron chi connectivity index (χ2n) is 5.36. The summed E-state index contributed by atoms with van der Waals surface area (Å²) in [6.07, 6.45) is 2.75. The van der Waals surface area contributed by atoms with Crippen molar-refractivity contribution in [3.63, 3.8) is 0 Å². The Labute approximate surface area is 105 Å². The number of hydrogen-bond acceptors (Lipinski definition) is 2. The molecule has 1 saturated carbocycles. The molecule has 0 spiro atoms. The van der Waals surface area contributed by atoms with Gasteiger partial charge in [0.1, 0.15) is 0 Å². The molecule has 1 fully saturated rings. The van der Waals surface area contributed by atoms with Gasteiger partial charge in [-0.3, -0.25) is 0 Å². The van der Waals surface area contributed by atoms with Crippen LogP contribution in [0.15, 0.2) is 18.2 Å². The van der Waals surface area contributed by atoms with Gasteiger partial charge in [-0.25, -0.2) is 0 Å². The van der Waals surface area contributed by atoms with Crippen molar-refractivity contribution in [3.05, 3.63) is 34.9 Å². The summed E-state index contributed by atoms with van der Waals surface area (Å²) < 4.78 is 0. The summed E-state index contributed by atoms with van der Waals surface area (Å²) in [6, 6.07) is 8.07. The van der Waals surface area contributed by atoms with Gasteiger partial charge in [-0.05, 0) is 57.5 Å². The summed E-state index contributed by atoms with van der Waals surface area (Å²) in [4.78, 5) is 2.48. The highest BCUT2D eigenvalue weighted by Crippen LogP contribution is 2.27. The van der Waals surface area contributed by atoms with Gasteiger partial charge in [-0.2, -0.15) is 0 Å². The number of benzene rings is 1. The molecule has 0 aromatic heterocycles. The van der Waals surface area contributed by atoms with Gasteiger partial charge in [-0.15, -0.1) is 0 Å². The third-order valence-electron chi connectivity index (χ3n) is 3.92. The maximum Gasteiger partial charge on any atom is 0.0446 e. The van der Waals surface area contributed by atoms with Gasteiger partial charge in [0, 0.05) is 18.6 Å². The first-order chi connectivity index (χ1) is 8.11. The Morgan fingerprint density at radius 2 is 2.00 bits per heavy atom. The van der Waals surface area contributed by atoms with Crippen LogP contribution in [0.4, 0.5) is 0 Å². The van der Waals surface area contributed by atoms with Crippen molar-refractivity contribution < 1.29 is 0 Å². The lowest BCUT2D eigenvalue weighted by Gasteiger charge is -2.24. The molecule has 94 valence electrons. The van der Waals surface area contributed by atoms with Crippen LogP contribution in [0, 0.1) is 13.8 Å². The molecule has 1 aromatic rings. The molecule has 1 aromatic carbocycles. The molecule has 2 rings (SSSR count). The van der Waals surface area contributed by atoms with E-state index in [1.165, 1.54) is 29.5 Å². The lowest BCUT2D eigenvalue weighted by atomic mass is 10.0. The topological polar surface area (TPSA) is 15.3 Å². The predicted octanol–water partition coefficient (Wildman–Crippen LogP) is 2.66. The SMILES string of the molecule is CNC(CN(C)C1CC1)c1ccc(C)c(C)c1. The van der Waals surface area contributed by atoms with E-state index < -0.39 is 0 Å². The summed E-state index contributed by atoms with van der Waals surface area (Å²) in [5.74, 6) is 0. The first kappa shape index (κ1) is 12.6. The van der Waals surface area contributed by atoms with Crippen molar-refractivity contribution in [1.82, 2.24) is 10.2 Å². The van der Waals surface area contributed by atoms with E-state index in [0.717, 1.165) is 12.6 Å². The third-order valence-corrected chi connectivity index (χ3v) is 3.92. The van der Waals surface area contributed by atoms with Crippen LogP contribution in [-0.2, 0) is 0 Å². The predicted molar refractivity (Wildman–Crippen MR) is 73.4 cm³/mol. The van der Waals surface area contributed by atoms with Gasteiger partial charge in [0.05, 0.1) is 0 Å². The van der Waals surface area contributed by atoms with Crippen LogP contribution in [0.2, 0.25) is 0 Å². The molecule has 0 bridgehead atoms. The number of nitrogens with zero attached hydrogens (tertiary/aromatic N) is 1. The van der Waals surface area contributed by atoms with Crippen LogP contribution in [0.1, 0.15) is 35.6 Å². The van der Waals surface area contributed by atoms with Crippen molar-refractivity contribution in [2.45, 2.75) is 38.8 Å². The molecule has 0 amide bonds. The number of rotatable bonds is 5. The molecule has 0 aliphatic heterocycles. The molecule has 1 atom stereocenters. The molecule has 1 aliphatic carbocycles.